The van der Waals surface area contributed by atoms with Gasteiger partial charge in [-0.15, -0.1) is 0 Å². The van der Waals surface area contributed by atoms with E-state index in [4.69, 9.17) is 5.11 Å². The highest BCUT2D eigenvalue weighted by Gasteiger charge is 2.16. The van der Waals surface area contributed by atoms with Gasteiger partial charge in [0.25, 0.3) is 0 Å². The molecule has 1 aromatic carbocycles. The monoisotopic (exact) mass is 355 g/mol. The Morgan fingerprint density at radius 2 is 1.85 bits per heavy atom. The molecular formula is C20H25N3O3. The fourth-order valence-electron chi connectivity index (χ4n) is 2.97. The zero-order valence-corrected chi connectivity index (χ0v) is 15.4. The second-order valence-electron chi connectivity index (χ2n) is 6.46. The first-order chi connectivity index (χ1) is 12.3. The first-order valence-corrected chi connectivity index (χ1v) is 8.63. The molecule has 1 unspecified atom stereocenters. The summed E-state index contributed by atoms with van der Waals surface area (Å²) in [7, 11) is 0. The fourth-order valence-corrected chi connectivity index (χ4v) is 2.97. The van der Waals surface area contributed by atoms with E-state index in [0.29, 0.717) is 18.5 Å². The number of carboxylic acids is 1. The Hall–Kier alpha value is -2.89. The van der Waals surface area contributed by atoms with Gasteiger partial charge >= 0.3 is 12.0 Å². The van der Waals surface area contributed by atoms with Crippen LogP contribution < -0.4 is 10.6 Å². The second-order valence-corrected chi connectivity index (χ2v) is 6.46. The van der Waals surface area contributed by atoms with Gasteiger partial charge < -0.3 is 15.7 Å². The van der Waals surface area contributed by atoms with E-state index in [1.807, 2.05) is 57.2 Å². The van der Waals surface area contributed by atoms with Crippen LogP contribution in [0.5, 0.6) is 0 Å². The summed E-state index contributed by atoms with van der Waals surface area (Å²) < 4.78 is 0. The molecule has 0 radical (unpaired) electrons. The summed E-state index contributed by atoms with van der Waals surface area (Å²) in [6.07, 6.45) is 0.940. The number of aryl methyl sites for hydroxylation is 3. The fraction of sp³-hybridized carbons (Fsp3) is 0.350. The number of benzene rings is 1. The molecule has 0 aliphatic carbocycles. The first kappa shape index (κ1) is 19.4. The normalized spacial score (nSPS) is 11.7. The number of hydrogen-bond acceptors (Lipinski definition) is 3. The molecule has 2 amide bonds. The van der Waals surface area contributed by atoms with Crippen LogP contribution in [0.1, 0.15) is 35.4 Å². The van der Waals surface area contributed by atoms with Crippen LogP contribution in [0.4, 0.5) is 10.5 Å². The van der Waals surface area contributed by atoms with Crippen LogP contribution in [-0.4, -0.2) is 28.1 Å². The van der Waals surface area contributed by atoms with Crippen LogP contribution in [0.2, 0.25) is 0 Å². The van der Waals surface area contributed by atoms with Crippen LogP contribution in [0, 0.1) is 20.8 Å². The van der Waals surface area contributed by atoms with Crippen molar-refractivity contribution in [3.05, 3.63) is 58.9 Å². The third kappa shape index (κ3) is 5.88. The van der Waals surface area contributed by atoms with E-state index in [2.05, 4.69) is 15.6 Å². The highest BCUT2D eigenvalue weighted by atomic mass is 16.4. The summed E-state index contributed by atoms with van der Waals surface area (Å²) in [6, 6.07) is 11.0. The number of amides is 2. The van der Waals surface area contributed by atoms with E-state index in [9.17, 15) is 9.59 Å². The first-order valence-electron chi connectivity index (χ1n) is 8.63. The average molecular weight is 355 g/mol. The molecule has 0 saturated carbocycles. The van der Waals surface area contributed by atoms with Crippen molar-refractivity contribution in [1.82, 2.24) is 10.3 Å². The van der Waals surface area contributed by atoms with Crippen LogP contribution in [0.15, 0.2) is 36.4 Å². The molecule has 2 rings (SSSR count). The number of nitrogens with one attached hydrogen (secondary N) is 2. The molecule has 3 N–H and O–H groups in total. The maximum atomic E-state index is 12.4. The molecule has 0 aliphatic heterocycles. The van der Waals surface area contributed by atoms with Gasteiger partial charge in [0.1, 0.15) is 0 Å². The van der Waals surface area contributed by atoms with Gasteiger partial charge in [-0.1, -0.05) is 30.3 Å². The third-order valence-electron chi connectivity index (χ3n) is 4.13. The number of aromatic nitrogens is 1. The standard InChI is InChI=1S/C20H25N3O3/c1-13-11-14(2)21-15(3)19(13)23-20(26)22-17(9-10-18(24)25)12-16-7-5-4-6-8-16/h4-8,11,17H,9-10,12H2,1-3H3,(H,24,25)(H2,22,23,26). The number of hydrogen-bond donors (Lipinski definition) is 3. The number of aliphatic carboxylic acids is 1. The number of urea groups is 1. The van der Waals surface area contributed by atoms with Crippen LogP contribution in [0.25, 0.3) is 0 Å². The maximum Gasteiger partial charge on any atom is 0.319 e. The number of pyridine rings is 1. The van der Waals surface area contributed by atoms with Crippen molar-refractivity contribution in [2.75, 3.05) is 5.32 Å². The van der Waals surface area contributed by atoms with Gasteiger partial charge in [0.15, 0.2) is 0 Å². The maximum absolute atomic E-state index is 12.4. The minimum absolute atomic E-state index is 0.00191. The van der Waals surface area contributed by atoms with E-state index < -0.39 is 5.97 Å². The lowest BCUT2D eigenvalue weighted by molar-refractivity contribution is -0.137. The SMILES string of the molecule is Cc1cc(C)c(NC(=O)NC(CCC(=O)O)Cc2ccccc2)c(C)n1. The number of carbonyl (C=O) groups excluding carboxylic acids is 1. The summed E-state index contributed by atoms with van der Waals surface area (Å²) in [5.74, 6) is -0.875. The molecule has 1 aromatic heterocycles. The molecule has 0 bridgehead atoms. The highest BCUT2D eigenvalue weighted by molar-refractivity contribution is 5.91. The van der Waals surface area contributed by atoms with Gasteiger partial charge in [0.05, 0.1) is 11.4 Å². The molecule has 26 heavy (non-hydrogen) atoms. The van der Waals surface area contributed by atoms with Crippen molar-refractivity contribution >= 4 is 17.7 Å². The molecule has 0 aliphatic rings. The molecule has 1 heterocycles. The van der Waals surface area contributed by atoms with Crippen LogP contribution in [-0.2, 0) is 11.2 Å². The molecule has 0 saturated heterocycles. The highest BCUT2D eigenvalue weighted by Crippen LogP contribution is 2.19. The van der Waals surface area contributed by atoms with Gasteiger partial charge in [-0.05, 0) is 50.8 Å². The molecule has 0 fully saturated rings. The van der Waals surface area contributed by atoms with Crippen molar-refractivity contribution in [2.24, 2.45) is 0 Å². The van der Waals surface area contributed by atoms with Gasteiger partial charge in [0.2, 0.25) is 0 Å². The molecular weight excluding hydrogens is 330 g/mol. The summed E-state index contributed by atoms with van der Waals surface area (Å²) in [6.45, 7) is 5.68. The molecule has 2 aromatic rings. The van der Waals surface area contributed by atoms with Crippen molar-refractivity contribution in [1.29, 1.82) is 0 Å². The Balaban J connectivity index is 2.06. The molecule has 6 heteroatoms. The zero-order valence-electron chi connectivity index (χ0n) is 15.4. The van der Waals surface area contributed by atoms with E-state index in [0.717, 1.165) is 22.5 Å². The molecule has 0 spiro atoms. The predicted octanol–water partition coefficient (Wildman–Crippen LogP) is 3.60. The number of carboxylic acid groups (broad SMARTS) is 1. The number of nitrogens with zero attached hydrogens (tertiary/aromatic N) is 1. The van der Waals surface area contributed by atoms with Crippen molar-refractivity contribution < 1.29 is 14.7 Å². The summed E-state index contributed by atoms with van der Waals surface area (Å²) in [4.78, 5) is 27.7. The summed E-state index contributed by atoms with van der Waals surface area (Å²) in [5, 5.41) is 14.7. The van der Waals surface area contributed by atoms with E-state index in [1.54, 1.807) is 0 Å². The van der Waals surface area contributed by atoms with Crippen LogP contribution in [0.3, 0.4) is 0 Å². The molecule has 138 valence electrons. The molecule has 6 nitrogen and oxygen atoms in total. The average Bonchev–Trinajstić information content (AvgIpc) is 2.57. The Labute approximate surface area is 153 Å². The van der Waals surface area contributed by atoms with Crippen molar-refractivity contribution in [2.45, 2.75) is 46.1 Å². The van der Waals surface area contributed by atoms with Gasteiger partial charge in [-0.3, -0.25) is 9.78 Å². The Morgan fingerprint density at radius 3 is 2.46 bits per heavy atom. The smallest absolute Gasteiger partial charge is 0.319 e. The van der Waals surface area contributed by atoms with E-state index in [1.165, 1.54) is 0 Å². The lowest BCUT2D eigenvalue weighted by Gasteiger charge is -2.20. The Kier molecular flexibility index (Phi) is 6.72. The Morgan fingerprint density at radius 1 is 1.15 bits per heavy atom. The van der Waals surface area contributed by atoms with E-state index >= 15 is 0 Å². The second kappa shape index (κ2) is 8.99. The number of carbonyl (C=O) groups is 2. The summed E-state index contributed by atoms with van der Waals surface area (Å²) >= 11 is 0. The quantitative estimate of drug-likeness (QED) is 0.707. The largest absolute Gasteiger partial charge is 0.481 e. The summed E-state index contributed by atoms with van der Waals surface area (Å²) in [5.41, 5.74) is 4.32. The number of rotatable bonds is 7. The topological polar surface area (TPSA) is 91.3 Å². The van der Waals surface area contributed by atoms with Gasteiger partial charge in [-0.2, -0.15) is 0 Å². The van der Waals surface area contributed by atoms with Gasteiger partial charge in [-0.25, -0.2) is 4.79 Å². The predicted molar refractivity (Wildman–Crippen MR) is 101 cm³/mol. The number of anilines is 1. The van der Waals surface area contributed by atoms with Crippen molar-refractivity contribution in [3.8, 4) is 0 Å². The van der Waals surface area contributed by atoms with E-state index in [-0.39, 0.29) is 18.5 Å². The minimum Gasteiger partial charge on any atom is -0.481 e. The van der Waals surface area contributed by atoms with Gasteiger partial charge in [0, 0.05) is 18.2 Å². The van der Waals surface area contributed by atoms with Crippen LogP contribution >= 0.6 is 0 Å². The zero-order chi connectivity index (χ0) is 19.1. The minimum atomic E-state index is -0.875. The molecule has 1 atom stereocenters. The lowest BCUT2D eigenvalue weighted by Crippen LogP contribution is -2.40. The Bertz CT molecular complexity index is 752. The van der Waals surface area contributed by atoms with Crippen molar-refractivity contribution in [3.63, 3.8) is 0 Å². The lowest BCUT2D eigenvalue weighted by atomic mass is 10.0. The third-order valence-corrected chi connectivity index (χ3v) is 4.13.